The summed E-state index contributed by atoms with van der Waals surface area (Å²) in [6, 6.07) is 115. The van der Waals surface area contributed by atoms with E-state index in [0.29, 0.717) is 34.9 Å². The zero-order valence-corrected chi connectivity index (χ0v) is 49.8. The minimum absolute atomic E-state index is 0.547. The Bertz CT molecular complexity index is 5150. The quantitative estimate of drug-likeness (QED) is 0.121. The van der Waals surface area contributed by atoms with Gasteiger partial charge in [0.05, 0.1) is 22.1 Å². The lowest BCUT2D eigenvalue weighted by Gasteiger charge is -2.17. The second-order valence-electron chi connectivity index (χ2n) is 23.0. The molecule has 17 aromatic rings. The van der Waals surface area contributed by atoms with E-state index in [2.05, 4.69) is 264 Å². The smallest absolute Gasteiger partial charge is 0.164 e. The van der Waals surface area contributed by atoms with Crippen LogP contribution in [0.4, 0.5) is 0 Å². The SMILES string of the molecule is c1ccc(-c2ccc3c(c2)c2ccccc2n3-c2ccc(-c3cccc(-c4ccc(-n5c6ccccc6c6cc(-c7ccccc7)ccc65)cc4-c4nc(-c5ccccc5)nc(-c5ccccc5)n4)c3)c(-c3nc(-c4ccccc4)nc(-c4ccccc4)n3)c2)cc1. The van der Waals surface area contributed by atoms with Gasteiger partial charge in [0.1, 0.15) is 0 Å². The van der Waals surface area contributed by atoms with Crippen LogP contribution in [0.15, 0.2) is 328 Å². The van der Waals surface area contributed by atoms with E-state index in [0.717, 1.165) is 100 Å². The standard InChI is InChI=1S/C84H54N8/c1-7-24-55(25-8-1)61-42-48-77-71(51-61)69-38-19-21-40-75(69)91(77)65-44-46-67(73(53-65)83-87-79(57-28-11-3-12-29-57)85-80(88-83)58-30-13-4-14-31-58)63-36-23-37-64(50-63)68-47-45-66(92-76-41-22-20-39-70(76)72-52-62(43-49-78(72)92)56-26-9-2-10-27-56)54-74(68)84-89-81(59-32-15-5-16-33-59)86-82(90-84)60-34-17-6-18-35-60/h1-54H. The highest BCUT2D eigenvalue weighted by Crippen LogP contribution is 2.43. The molecule has 17 rings (SSSR count). The third-order valence-corrected chi connectivity index (χ3v) is 17.4. The van der Waals surface area contributed by atoms with Crippen molar-refractivity contribution < 1.29 is 0 Å². The molecule has 0 amide bonds. The van der Waals surface area contributed by atoms with Gasteiger partial charge in [0.15, 0.2) is 34.9 Å². The van der Waals surface area contributed by atoms with E-state index >= 15 is 0 Å². The Kier molecular flexibility index (Phi) is 13.4. The van der Waals surface area contributed by atoms with Crippen molar-refractivity contribution in [1.29, 1.82) is 0 Å². The molecule has 0 radical (unpaired) electrons. The van der Waals surface area contributed by atoms with E-state index in [1.54, 1.807) is 0 Å². The van der Waals surface area contributed by atoms with Crippen LogP contribution in [-0.2, 0) is 0 Å². The molecule has 0 fully saturated rings. The predicted octanol–water partition coefficient (Wildman–Crippen LogP) is 20.9. The van der Waals surface area contributed by atoms with Crippen molar-refractivity contribution in [3.8, 4) is 124 Å². The number of aromatic nitrogens is 8. The van der Waals surface area contributed by atoms with Crippen LogP contribution in [0, 0.1) is 0 Å². The van der Waals surface area contributed by atoms with Crippen molar-refractivity contribution in [3.63, 3.8) is 0 Å². The first-order valence-electron chi connectivity index (χ1n) is 30.9. The average Bonchev–Trinajstić information content (AvgIpc) is 1.60. The highest BCUT2D eigenvalue weighted by atomic mass is 15.1. The maximum Gasteiger partial charge on any atom is 0.164 e. The van der Waals surface area contributed by atoms with Gasteiger partial charge in [0.2, 0.25) is 0 Å². The highest BCUT2D eigenvalue weighted by Gasteiger charge is 2.23. The zero-order valence-electron chi connectivity index (χ0n) is 49.8. The third kappa shape index (κ3) is 9.76. The van der Waals surface area contributed by atoms with Crippen LogP contribution in [0.1, 0.15) is 0 Å². The molecule has 0 aliphatic rings. The van der Waals surface area contributed by atoms with Crippen LogP contribution in [0.3, 0.4) is 0 Å². The minimum atomic E-state index is 0.547. The molecule has 430 valence electrons. The van der Waals surface area contributed by atoms with E-state index in [1.807, 2.05) is 72.8 Å². The monoisotopic (exact) mass is 1170 g/mol. The van der Waals surface area contributed by atoms with Gasteiger partial charge >= 0.3 is 0 Å². The average molecular weight is 1180 g/mol. The van der Waals surface area contributed by atoms with Gasteiger partial charge in [-0.05, 0) is 111 Å². The summed E-state index contributed by atoms with van der Waals surface area (Å²) in [6.45, 7) is 0. The van der Waals surface area contributed by atoms with Crippen LogP contribution >= 0.6 is 0 Å². The molecule has 4 heterocycles. The van der Waals surface area contributed by atoms with E-state index in [1.165, 1.54) is 32.7 Å². The van der Waals surface area contributed by atoms with Crippen LogP contribution in [-0.4, -0.2) is 39.0 Å². The van der Waals surface area contributed by atoms with Crippen molar-refractivity contribution in [1.82, 2.24) is 39.0 Å². The Hall–Kier alpha value is -12.5. The summed E-state index contributed by atoms with van der Waals surface area (Å²) in [5.74, 6) is 3.42. The second-order valence-corrected chi connectivity index (χ2v) is 23.0. The molecule has 13 aromatic carbocycles. The highest BCUT2D eigenvalue weighted by molar-refractivity contribution is 6.12. The summed E-state index contributed by atoms with van der Waals surface area (Å²) < 4.78 is 4.74. The fraction of sp³-hybridized carbons (Fsp3) is 0. The first-order chi connectivity index (χ1) is 45.6. The third-order valence-electron chi connectivity index (χ3n) is 17.4. The van der Waals surface area contributed by atoms with Crippen LogP contribution < -0.4 is 0 Å². The molecule has 0 N–H and O–H groups in total. The molecule has 0 saturated heterocycles. The van der Waals surface area contributed by atoms with Gasteiger partial charge in [0.25, 0.3) is 0 Å². The van der Waals surface area contributed by atoms with Gasteiger partial charge in [0, 0.05) is 66.3 Å². The number of rotatable bonds is 12. The molecule has 0 aliphatic heterocycles. The van der Waals surface area contributed by atoms with Crippen molar-refractivity contribution >= 4 is 43.6 Å². The van der Waals surface area contributed by atoms with Gasteiger partial charge < -0.3 is 9.13 Å². The summed E-state index contributed by atoms with van der Waals surface area (Å²) in [5, 5.41) is 4.66. The van der Waals surface area contributed by atoms with Crippen LogP contribution in [0.25, 0.3) is 168 Å². The largest absolute Gasteiger partial charge is 0.309 e. The van der Waals surface area contributed by atoms with Gasteiger partial charge in [-0.15, -0.1) is 0 Å². The molecule has 0 atom stereocenters. The predicted molar refractivity (Wildman–Crippen MR) is 376 cm³/mol. The fourth-order valence-electron chi connectivity index (χ4n) is 13.1. The van der Waals surface area contributed by atoms with Crippen molar-refractivity contribution in [2.24, 2.45) is 0 Å². The van der Waals surface area contributed by atoms with Crippen molar-refractivity contribution in [2.75, 3.05) is 0 Å². The number of hydrogen-bond donors (Lipinski definition) is 0. The summed E-state index contributed by atoms with van der Waals surface area (Å²) in [6.07, 6.45) is 0. The summed E-state index contributed by atoms with van der Waals surface area (Å²) in [7, 11) is 0. The number of nitrogens with zero attached hydrogens (tertiary/aromatic N) is 8. The molecule has 0 spiro atoms. The lowest BCUT2D eigenvalue weighted by Crippen LogP contribution is -2.03. The van der Waals surface area contributed by atoms with Gasteiger partial charge in [-0.1, -0.05) is 261 Å². The first kappa shape index (κ1) is 53.7. The Balaban J connectivity index is 0.892. The lowest BCUT2D eigenvalue weighted by atomic mass is 9.92. The normalized spacial score (nSPS) is 11.5. The van der Waals surface area contributed by atoms with E-state index < -0.39 is 0 Å². The zero-order chi connectivity index (χ0) is 60.9. The van der Waals surface area contributed by atoms with Crippen molar-refractivity contribution in [3.05, 3.63) is 328 Å². The molecule has 8 nitrogen and oxygen atoms in total. The molecule has 92 heavy (non-hydrogen) atoms. The van der Waals surface area contributed by atoms with Gasteiger partial charge in [-0.2, -0.15) is 0 Å². The molecular formula is C84H54N8. The van der Waals surface area contributed by atoms with Gasteiger partial charge in [-0.3, -0.25) is 0 Å². The maximum atomic E-state index is 5.42. The number of hydrogen-bond acceptors (Lipinski definition) is 6. The van der Waals surface area contributed by atoms with Crippen LogP contribution in [0.5, 0.6) is 0 Å². The van der Waals surface area contributed by atoms with Gasteiger partial charge in [-0.25, -0.2) is 29.9 Å². The molecule has 0 aliphatic carbocycles. The lowest BCUT2D eigenvalue weighted by molar-refractivity contribution is 1.07. The topological polar surface area (TPSA) is 87.2 Å². The number of benzene rings is 13. The van der Waals surface area contributed by atoms with Crippen molar-refractivity contribution in [2.45, 2.75) is 0 Å². The summed E-state index contributed by atoms with van der Waals surface area (Å²) in [5.41, 5.74) is 20.1. The van der Waals surface area contributed by atoms with E-state index in [9.17, 15) is 0 Å². The Labute approximate surface area is 531 Å². The fourth-order valence-corrected chi connectivity index (χ4v) is 13.1. The minimum Gasteiger partial charge on any atom is -0.309 e. The van der Waals surface area contributed by atoms with Crippen LogP contribution in [0.2, 0.25) is 0 Å². The summed E-state index contributed by atoms with van der Waals surface area (Å²) >= 11 is 0. The second kappa shape index (κ2) is 22.9. The molecule has 0 saturated carbocycles. The molecule has 4 aromatic heterocycles. The molecule has 8 heteroatoms. The molecule has 0 unspecified atom stereocenters. The molecule has 0 bridgehead atoms. The number of para-hydroxylation sites is 2. The number of fused-ring (bicyclic) bond motifs is 6. The summed E-state index contributed by atoms with van der Waals surface area (Å²) in [4.78, 5) is 32.0. The maximum absolute atomic E-state index is 5.42. The molecular weight excluding hydrogens is 1120 g/mol. The van der Waals surface area contributed by atoms with E-state index in [4.69, 9.17) is 29.9 Å². The van der Waals surface area contributed by atoms with E-state index in [-0.39, 0.29) is 0 Å². The Morgan fingerprint density at radius 3 is 0.815 bits per heavy atom. The first-order valence-corrected chi connectivity index (χ1v) is 30.9. The Morgan fingerprint density at radius 2 is 0.457 bits per heavy atom. The Morgan fingerprint density at radius 1 is 0.163 bits per heavy atom.